The zero-order chi connectivity index (χ0) is 11.7. The van der Waals surface area contributed by atoms with Gasteiger partial charge in [0.1, 0.15) is 11.9 Å². The fourth-order valence-electron chi connectivity index (χ4n) is 2.28. The molecule has 3 rings (SSSR count). The highest BCUT2D eigenvalue weighted by Gasteiger charge is 2.17. The molecule has 1 aromatic heterocycles. The summed E-state index contributed by atoms with van der Waals surface area (Å²) in [6, 6.07) is 8.20. The largest absolute Gasteiger partial charge is 0.489 e. The molecule has 1 aromatic carbocycles. The Labute approximate surface area is 101 Å². The third-order valence-corrected chi connectivity index (χ3v) is 3.26. The van der Waals surface area contributed by atoms with E-state index in [1.807, 2.05) is 12.3 Å². The summed E-state index contributed by atoms with van der Waals surface area (Å²) in [5.41, 5.74) is 2.23. The monoisotopic (exact) mass is 228 g/mol. The maximum atomic E-state index is 6.01. The minimum absolute atomic E-state index is 0.261. The standard InChI is InChI=1S/C14H16N2O/c1-2-11-8-15-9-12-13(17-11)6-5-10-4-3-7-16-14(10)12/h3-7,11,15H,2,8-9H2,1H3/t11-/m1/s1. The molecule has 3 nitrogen and oxygen atoms in total. The Bertz CT molecular complexity index is 539. The van der Waals surface area contributed by atoms with Crippen LogP contribution in [0.25, 0.3) is 10.9 Å². The van der Waals surface area contributed by atoms with Gasteiger partial charge in [0.25, 0.3) is 0 Å². The molecular formula is C14H16N2O. The second-order valence-corrected chi connectivity index (χ2v) is 4.40. The summed E-state index contributed by atoms with van der Waals surface area (Å²) in [6.07, 6.45) is 3.12. The number of benzene rings is 1. The van der Waals surface area contributed by atoms with Crippen LogP contribution in [0, 0.1) is 0 Å². The third-order valence-electron chi connectivity index (χ3n) is 3.26. The number of aromatic nitrogens is 1. The number of ether oxygens (including phenoxy) is 1. The van der Waals surface area contributed by atoms with Crippen LogP contribution in [0.5, 0.6) is 5.75 Å². The second-order valence-electron chi connectivity index (χ2n) is 4.40. The topological polar surface area (TPSA) is 34.2 Å². The van der Waals surface area contributed by atoms with Crippen molar-refractivity contribution in [2.75, 3.05) is 6.54 Å². The van der Waals surface area contributed by atoms with Gasteiger partial charge in [-0.3, -0.25) is 4.98 Å². The molecule has 0 saturated heterocycles. The van der Waals surface area contributed by atoms with Gasteiger partial charge in [-0.2, -0.15) is 0 Å². The summed E-state index contributed by atoms with van der Waals surface area (Å²) in [5.74, 6) is 0.980. The Morgan fingerprint density at radius 2 is 2.35 bits per heavy atom. The SMILES string of the molecule is CC[C@@H]1CNCc2c(ccc3cccnc23)O1. The molecule has 1 aliphatic rings. The van der Waals surface area contributed by atoms with Crippen LogP contribution in [0.4, 0.5) is 0 Å². The van der Waals surface area contributed by atoms with Crippen LogP contribution in [-0.2, 0) is 6.54 Å². The van der Waals surface area contributed by atoms with E-state index in [1.54, 1.807) is 0 Å². The predicted octanol–water partition coefficient (Wildman–Crippen LogP) is 2.50. The molecule has 0 aliphatic carbocycles. The molecule has 0 unspecified atom stereocenters. The molecule has 0 spiro atoms. The molecule has 17 heavy (non-hydrogen) atoms. The van der Waals surface area contributed by atoms with Crippen LogP contribution in [0.3, 0.4) is 0 Å². The number of hydrogen-bond donors (Lipinski definition) is 1. The van der Waals surface area contributed by atoms with E-state index in [2.05, 4.69) is 35.4 Å². The van der Waals surface area contributed by atoms with Gasteiger partial charge in [0.05, 0.1) is 5.52 Å². The minimum atomic E-state index is 0.261. The van der Waals surface area contributed by atoms with Crippen molar-refractivity contribution in [2.24, 2.45) is 0 Å². The first-order valence-electron chi connectivity index (χ1n) is 6.12. The van der Waals surface area contributed by atoms with Crippen LogP contribution in [-0.4, -0.2) is 17.6 Å². The van der Waals surface area contributed by atoms with E-state index in [4.69, 9.17) is 4.74 Å². The van der Waals surface area contributed by atoms with E-state index < -0.39 is 0 Å². The molecule has 3 heteroatoms. The van der Waals surface area contributed by atoms with Crippen LogP contribution >= 0.6 is 0 Å². The van der Waals surface area contributed by atoms with Gasteiger partial charge in [0.15, 0.2) is 0 Å². The van der Waals surface area contributed by atoms with Crippen molar-refractivity contribution >= 4 is 10.9 Å². The highest BCUT2D eigenvalue weighted by molar-refractivity contribution is 5.83. The molecular weight excluding hydrogens is 212 g/mol. The van der Waals surface area contributed by atoms with Crippen molar-refractivity contribution in [3.63, 3.8) is 0 Å². The molecule has 2 heterocycles. The Morgan fingerprint density at radius 1 is 1.41 bits per heavy atom. The van der Waals surface area contributed by atoms with E-state index in [1.165, 1.54) is 10.9 Å². The first-order valence-corrected chi connectivity index (χ1v) is 6.12. The maximum absolute atomic E-state index is 6.01. The number of hydrogen-bond acceptors (Lipinski definition) is 3. The third kappa shape index (κ3) is 1.87. The van der Waals surface area contributed by atoms with Crippen molar-refractivity contribution < 1.29 is 4.74 Å². The van der Waals surface area contributed by atoms with Crippen molar-refractivity contribution in [1.29, 1.82) is 0 Å². The number of pyridine rings is 1. The number of nitrogens with one attached hydrogen (secondary N) is 1. The highest BCUT2D eigenvalue weighted by atomic mass is 16.5. The van der Waals surface area contributed by atoms with Gasteiger partial charge in [0.2, 0.25) is 0 Å². The van der Waals surface area contributed by atoms with Crippen molar-refractivity contribution in [1.82, 2.24) is 10.3 Å². The van der Waals surface area contributed by atoms with Gasteiger partial charge in [-0.25, -0.2) is 0 Å². The second kappa shape index (κ2) is 4.34. The number of fused-ring (bicyclic) bond motifs is 3. The zero-order valence-electron chi connectivity index (χ0n) is 9.94. The van der Waals surface area contributed by atoms with E-state index in [9.17, 15) is 0 Å². The van der Waals surface area contributed by atoms with Gasteiger partial charge < -0.3 is 10.1 Å². The lowest BCUT2D eigenvalue weighted by Gasteiger charge is -2.15. The molecule has 0 saturated carbocycles. The van der Waals surface area contributed by atoms with Crippen molar-refractivity contribution in [2.45, 2.75) is 26.0 Å². The lowest BCUT2D eigenvalue weighted by atomic mass is 10.1. The summed E-state index contributed by atoms with van der Waals surface area (Å²) in [5, 5.41) is 4.60. The van der Waals surface area contributed by atoms with Crippen LogP contribution < -0.4 is 10.1 Å². The normalized spacial score (nSPS) is 19.5. The lowest BCUT2D eigenvalue weighted by molar-refractivity contribution is 0.202. The Morgan fingerprint density at radius 3 is 3.24 bits per heavy atom. The van der Waals surface area contributed by atoms with Crippen LogP contribution in [0.1, 0.15) is 18.9 Å². The molecule has 0 fully saturated rings. The molecule has 88 valence electrons. The van der Waals surface area contributed by atoms with Crippen LogP contribution in [0.15, 0.2) is 30.5 Å². The minimum Gasteiger partial charge on any atom is -0.489 e. The summed E-state index contributed by atoms with van der Waals surface area (Å²) in [6.45, 7) is 3.89. The number of nitrogens with zero attached hydrogens (tertiary/aromatic N) is 1. The summed E-state index contributed by atoms with van der Waals surface area (Å²) in [4.78, 5) is 4.47. The van der Waals surface area contributed by atoms with E-state index in [-0.39, 0.29) is 6.10 Å². The molecule has 0 amide bonds. The average Bonchev–Trinajstić information content (AvgIpc) is 2.60. The quantitative estimate of drug-likeness (QED) is 0.814. The average molecular weight is 228 g/mol. The summed E-state index contributed by atoms with van der Waals surface area (Å²) in [7, 11) is 0. The molecule has 1 aliphatic heterocycles. The molecule has 0 bridgehead atoms. The Balaban J connectivity index is 2.13. The van der Waals surface area contributed by atoms with Gasteiger partial charge >= 0.3 is 0 Å². The van der Waals surface area contributed by atoms with Gasteiger partial charge in [-0.1, -0.05) is 13.0 Å². The first kappa shape index (κ1) is 10.5. The van der Waals surface area contributed by atoms with Crippen molar-refractivity contribution in [3.05, 3.63) is 36.0 Å². The summed E-state index contributed by atoms with van der Waals surface area (Å²) >= 11 is 0. The predicted molar refractivity (Wildman–Crippen MR) is 68.2 cm³/mol. The molecule has 1 atom stereocenters. The molecule has 2 aromatic rings. The van der Waals surface area contributed by atoms with Gasteiger partial charge in [0, 0.05) is 30.2 Å². The Hall–Kier alpha value is -1.61. The summed E-state index contributed by atoms with van der Waals surface area (Å²) < 4.78 is 6.01. The zero-order valence-corrected chi connectivity index (χ0v) is 9.94. The molecule has 0 radical (unpaired) electrons. The van der Waals surface area contributed by atoms with Gasteiger partial charge in [-0.15, -0.1) is 0 Å². The smallest absolute Gasteiger partial charge is 0.126 e. The number of rotatable bonds is 1. The molecule has 1 N–H and O–H groups in total. The van der Waals surface area contributed by atoms with Crippen molar-refractivity contribution in [3.8, 4) is 5.75 Å². The fraction of sp³-hybridized carbons (Fsp3) is 0.357. The van der Waals surface area contributed by atoms with E-state index in [0.717, 1.165) is 30.8 Å². The highest BCUT2D eigenvalue weighted by Crippen LogP contribution is 2.29. The fourth-order valence-corrected chi connectivity index (χ4v) is 2.28. The van der Waals surface area contributed by atoms with E-state index >= 15 is 0 Å². The van der Waals surface area contributed by atoms with E-state index in [0.29, 0.717) is 0 Å². The van der Waals surface area contributed by atoms with Gasteiger partial charge in [-0.05, 0) is 24.6 Å². The first-order chi connectivity index (χ1) is 8.38. The lowest BCUT2D eigenvalue weighted by Crippen LogP contribution is -2.27. The Kier molecular flexibility index (Phi) is 2.69. The van der Waals surface area contributed by atoms with Crippen LogP contribution in [0.2, 0.25) is 0 Å². The maximum Gasteiger partial charge on any atom is 0.126 e.